The highest BCUT2D eigenvalue weighted by molar-refractivity contribution is 6.00. The van der Waals surface area contributed by atoms with Gasteiger partial charge in [-0.3, -0.25) is 10.1 Å². The van der Waals surface area contributed by atoms with Gasteiger partial charge >= 0.3 is 12.1 Å². The highest BCUT2D eigenvalue weighted by Crippen LogP contribution is 2.21. The van der Waals surface area contributed by atoms with Gasteiger partial charge in [-0.25, -0.2) is 9.59 Å². The summed E-state index contributed by atoms with van der Waals surface area (Å²) >= 11 is 0. The molecule has 0 aliphatic heterocycles. The fraction of sp³-hybridized carbons (Fsp3) is 0.250. The minimum Gasteiger partial charge on any atom is -0.478 e. The third-order valence-corrected chi connectivity index (χ3v) is 2.08. The molecule has 0 radical (unpaired) electrons. The Labute approximate surface area is 109 Å². The number of carbonyl (C=O) groups is 3. The smallest absolute Gasteiger partial charge is 0.411 e. The molecule has 0 saturated heterocycles. The fourth-order valence-electron chi connectivity index (χ4n) is 1.39. The molecule has 1 rings (SSSR count). The third kappa shape index (κ3) is 4.30. The first-order valence-corrected chi connectivity index (χ1v) is 5.52. The van der Waals surface area contributed by atoms with E-state index in [1.807, 2.05) is 0 Å². The van der Waals surface area contributed by atoms with Gasteiger partial charge in [0.25, 0.3) is 0 Å². The summed E-state index contributed by atoms with van der Waals surface area (Å²) in [6.45, 7) is 3.13. The number of carbonyl (C=O) groups excluding carboxylic acids is 2. The molecule has 0 bridgehead atoms. The topological polar surface area (TPSA) is 105 Å². The van der Waals surface area contributed by atoms with Crippen LogP contribution in [0.15, 0.2) is 18.2 Å². The zero-order chi connectivity index (χ0) is 14.4. The lowest BCUT2D eigenvalue weighted by atomic mass is 10.1. The molecule has 0 aliphatic rings. The van der Waals surface area contributed by atoms with E-state index in [4.69, 9.17) is 5.11 Å². The van der Waals surface area contributed by atoms with E-state index >= 15 is 0 Å². The molecular weight excluding hydrogens is 252 g/mol. The van der Waals surface area contributed by atoms with E-state index in [0.717, 1.165) is 0 Å². The van der Waals surface area contributed by atoms with E-state index in [1.54, 1.807) is 6.92 Å². The van der Waals surface area contributed by atoms with Crippen LogP contribution in [0.5, 0.6) is 0 Å². The second-order valence-electron chi connectivity index (χ2n) is 3.59. The van der Waals surface area contributed by atoms with Crippen LogP contribution in [0.1, 0.15) is 24.2 Å². The second kappa shape index (κ2) is 6.39. The molecule has 0 spiro atoms. The van der Waals surface area contributed by atoms with Crippen molar-refractivity contribution in [3.63, 3.8) is 0 Å². The van der Waals surface area contributed by atoms with E-state index in [-0.39, 0.29) is 23.8 Å². The largest absolute Gasteiger partial charge is 0.478 e. The average Bonchev–Trinajstić information content (AvgIpc) is 2.30. The Kier molecular flexibility index (Phi) is 4.87. The highest BCUT2D eigenvalue weighted by atomic mass is 16.5. The first-order chi connectivity index (χ1) is 8.93. The molecule has 0 heterocycles. The van der Waals surface area contributed by atoms with Crippen LogP contribution in [0, 0.1) is 0 Å². The first-order valence-electron chi connectivity index (χ1n) is 5.52. The number of carboxylic acids is 1. The van der Waals surface area contributed by atoms with Gasteiger partial charge in [-0.2, -0.15) is 0 Å². The van der Waals surface area contributed by atoms with Crippen molar-refractivity contribution in [1.82, 2.24) is 0 Å². The molecule has 0 unspecified atom stereocenters. The zero-order valence-corrected chi connectivity index (χ0v) is 10.5. The fourth-order valence-corrected chi connectivity index (χ4v) is 1.39. The van der Waals surface area contributed by atoms with Crippen molar-refractivity contribution < 1.29 is 24.2 Å². The maximum atomic E-state index is 11.3. The van der Waals surface area contributed by atoms with Crippen LogP contribution in [-0.4, -0.2) is 29.7 Å². The monoisotopic (exact) mass is 266 g/mol. The molecule has 19 heavy (non-hydrogen) atoms. The van der Waals surface area contributed by atoms with Gasteiger partial charge in [0.15, 0.2) is 0 Å². The molecule has 102 valence electrons. The minimum atomic E-state index is -1.22. The van der Waals surface area contributed by atoms with Gasteiger partial charge in [0.2, 0.25) is 5.91 Å². The molecule has 1 aromatic rings. The van der Waals surface area contributed by atoms with E-state index in [1.165, 1.54) is 25.1 Å². The van der Waals surface area contributed by atoms with Crippen LogP contribution in [0.3, 0.4) is 0 Å². The summed E-state index contributed by atoms with van der Waals surface area (Å²) in [7, 11) is 0. The van der Waals surface area contributed by atoms with Crippen LogP contribution in [0.25, 0.3) is 0 Å². The van der Waals surface area contributed by atoms with Gasteiger partial charge in [0.1, 0.15) is 0 Å². The Morgan fingerprint density at radius 1 is 1.26 bits per heavy atom. The van der Waals surface area contributed by atoms with Gasteiger partial charge < -0.3 is 15.2 Å². The van der Waals surface area contributed by atoms with Crippen molar-refractivity contribution in [3.05, 3.63) is 23.8 Å². The molecule has 7 heteroatoms. The number of anilines is 2. The molecule has 0 aliphatic carbocycles. The van der Waals surface area contributed by atoms with Gasteiger partial charge in [0.05, 0.1) is 17.9 Å². The number of hydrogen-bond acceptors (Lipinski definition) is 4. The first kappa shape index (κ1) is 14.5. The highest BCUT2D eigenvalue weighted by Gasteiger charge is 2.14. The maximum Gasteiger partial charge on any atom is 0.411 e. The lowest BCUT2D eigenvalue weighted by Crippen LogP contribution is -2.16. The van der Waals surface area contributed by atoms with Crippen molar-refractivity contribution >= 4 is 29.3 Å². The van der Waals surface area contributed by atoms with Gasteiger partial charge in [-0.05, 0) is 25.1 Å². The quantitative estimate of drug-likeness (QED) is 0.772. The Hall–Kier alpha value is -2.57. The van der Waals surface area contributed by atoms with Crippen LogP contribution >= 0.6 is 0 Å². The zero-order valence-electron chi connectivity index (χ0n) is 10.5. The third-order valence-electron chi connectivity index (χ3n) is 2.08. The van der Waals surface area contributed by atoms with E-state index < -0.39 is 12.1 Å². The average molecular weight is 266 g/mol. The predicted octanol–water partition coefficient (Wildman–Crippen LogP) is 1.91. The van der Waals surface area contributed by atoms with Crippen molar-refractivity contribution in [2.75, 3.05) is 17.2 Å². The van der Waals surface area contributed by atoms with Crippen molar-refractivity contribution in [2.24, 2.45) is 0 Å². The molecule has 0 aromatic heterocycles. The van der Waals surface area contributed by atoms with Crippen LogP contribution in [0.4, 0.5) is 16.2 Å². The summed E-state index contributed by atoms with van der Waals surface area (Å²) in [6.07, 6.45) is -0.739. The Morgan fingerprint density at radius 3 is 2.47 bits per heavy atom. The summed E-state index contributed by atoms with van der Waals surface area (Å²) in [5.74, 6) is -1.54. The summed E-state index contributed by atoms with van der Waals surface area (Å²) in [5, 5.41) is 13.8. The standard InChI is InChI=1S/C12H14N2O5/c1-3-19-12(18)14-10-5-4-8(13-7(2)15)6-9(10)11(16)17/h4-6H,3H2,1-2H3,(H,13,15)(H,14,18)(H,16,17). The molecular formula is C12H14N2O5. The Morgan fingerprint density at radius 2 is 1.95 bits per heavy atom. The number of amides is 2. The van der Waals surface area contributed by atoms with Gasteiger partial charge in [0, 0.05) is 12.6 Å². The molecule has 3 N–H and O–H groups in total. The van der Waals surface area contributed by atoms with Crippen molar-refractivity contribution in [3.8, 4) is 0 Å². The number of aromatic carboxylic acids is 1. The van der Waals surface area contributed by atoms with Gasteiger partial charge in [-0.15, -0.1) is 0 Å². The summed E-state index contributed by atoms with van der Waals surface area (Å²) < 4.78 is 4.66. The SMILES string of the molecule is CCOC(=O)Nc1ccc(NC(C)=O)cc1C(=O)O. The van der Waals surface area contributed by atoms with Crippen molar-refractivity contribution in [1.29, 1.82) is 0 Å². The molecule has 7 nitrogen and oxygen atoms in total. The molecule has 2 amide bonds. The maximum absolute atomic E-state index is 11.3. The number of hydrogen-bond donors (Lipinski definition) is 3. The summed E-state index contributed by atoms with van der Waals surface area (Å²) in [4.78, 5) is 33.2. The van der Waals surface area contributed by atoms with E-state index in [0.29, 0.717) is 5.69 Å². The summed E-state index contributed by atoms with van der Waals surface area (Å²) in [6, 6.07) is 4.12. The number of ether oxygens (including phenoxy) is 1. The molecule has 0 saturated carbocycles. The molecule has 1 aromatic carbocycles. The molecule has 0 atom stereocenters. The number of nitrogens with one attached hydrogen (secondary N) is 2. The minimum absolute atomic E-state index is 0.0973. The summed E-state index contributed by atoms with van der Waals surface area (Å²) in [5.41, 5.74) is 0.290. The van der Waals surface area contributed by atoms with Gasteiger partial charge in [-0.1, -0.05) is 0 Å². The second-order valence-corrected chi connectivity index (χ2v) is 3.59. The Bertz CT molecular complexity index is 513. The van der Waals surface area contributed by atoms with Crippen LogP contribution < -0.4 is 10.6 Å². The lowest BCUT2D eigenvalue weighted by Gasteiger charge is -2.10. The van der Waals surface area contributed by atoms with Crippen LogP contribution in [-0.2, 0) is 9.53 Å². The normalized spacial score (nSPS) is 9.58. The number of rotatable bonds is 4. The van der Waals surface area contributed by atoms with E-state index in [2.05, 4.69) is 15.4 Å². The lowest BCUT2D eigenvalue weighted by molar-refractivity contribution is -0.114. The van der Waals surface area contributed by atoms with E-state index in [9.17, 15) is 14.4 Å². The van der Waals surface area contributed by atoms with Crippen LogP contribution in [0.2, 0.25) is 0 Å². The van der Waals surface area contributed by atoms with Crippen molar-refractivity contribution in [2.45, 2.75) is 13.8 Å². The Balaban J connectivity index is 3.01. The molecule has 0 fully saturated rings. The predicted molar refractivity (Wildman–Crippen MR) is 68.3 cm³/mol. The number of benzene rings is 1. The number of carboxylic acid groups (broad SMARTS) is 1.